The highest BCUT2D eigenvalue weighted by Crippen LogP contribution is 2.31. The molecule has 0 saturated carbocycles. The lowest BCUT2D eigenvalue weighted by molar-refractivity contribution is -0.105. The van der Waals surface area contributed by atoms with Gasteiger partial charge in [0.25, 0.3) is 0 Å². The van der Waals surface area contributed by atoms with Crippen LogP contribution in [0.5, 0.6) is 0 Å². The quantitative estimate of drug-likeness (QED) is 0.437. The lowest BCUT2D eigenvalue weighted by Crippen LogP contribution is -2.49. The van der Waals surface area contributed by atoms with E-state index in [0.29, 0.717) is 0 Å². The van der Waals surface area contributed by atoms with Crippen molar-refractivity contribution in [2.75, 3.05) is 6.61 Å². The molecule has 0 N–H and O–H groups in total. The van der Waals surface area contributed by atoms with Crippen molar-refractivity contribution in [3.63, 3.8) is 0 Å². The van der Waals surface area contributed by atoms with E-state index in [4.69, 9.17) is 4.74 Å². The van der Waals surface area contributed by atoms with Gasteiger partial charge in [0.2, 0.25) is 0 Å². The van der Waals surface area contributed by atoms with E-state index in [-0.39, 0.29) is 5.60 Å². The molecule has 7 heavy (non-hydrogen) atoms. The highest BCUT2D eigenvalue weighted by Gasteiger charge is 2.37. The summed E-state index contributed by atoms with van der Waals surface area (Å²) in [6, 6.07) is 0. The normalized spacial score (nSPS) is 37.3. The molecule has 1 atom stereocenters. The van der Waals surface area contributed by atoms with Crippen molar-refractivity contribution in [1.29, 1.82) is 0 Å². The summed E-state index contributed by atoms with van der Waals surface area (Å²) in [7, 11) is 0. The van der Waals surface area contributed by atoms with Gasteiger partial charge in [0.15, 0.2) is 0 Å². The van der Waals surface area contributed by atoms with Gasteiger partial charge >= 0.3 is 0 Å². The van der Waals surface area contributed by atoms with E-state index >= 15 is 0 Å². The molecule has 0 aromatic rings. The highest BCUT2D eigenvalue weighted by molar-refractivity contribution is 14.1. The van der Waals surface area contributed by atoms with Crippen molar-refractivity contribution in [3.05, 3.63) is 0 Å². The molecule has 2 heteroatoms. The Bertz CT molecular complexity index is 80.1. The first-order chi connectivity index (χ1) is 3.13. The van der Waals surface area contributed by atoms with Crippen LogP contribution in [-0.2, 0) is 4.74 Å². The number of hydrogen-bond donors (Lipinski definition) is 0. The highest BCUT2D eigenvalue weighted by atomic mass is 127. The van der Waals surface area contributed by atoms with Gasteiger partial charge in [-0.2, -0.15) is 0 Å². The van der Waals surface area contributed by atoms with Gasteiger partial charge in [-0.15, -0.1) is 0 Å². The summed E-state index contributed by atoms with van der Waals surface area (Å²) in [4.78, 5) is 0. The molecule has 0 spiro atoms. The summed E-state index contributed by atoms with van der Waals surface area (Å²) in [6.07, 6.45) is 0. The van der Waals surface area contributed by atoms with E-state index in [2.05, 4.69) is 36.4 Å². The molecule has 1 aliphatic rings. The summed E-state index contributed by atoms with van der Waals surface area (Å²) in [6.45, 7) is 5.18. The Morgan fingerprint density at radius 2 is 2.14 bits per heavy atom. The zero-order valence-electron chi connectivity index (χ0n) is 4.57. The van der Waals surface area contributed by atoms with Crippen LogP contribution in [0.2, 0.25) is 0 Å². The minimum atomic E-state index is 0.167. The van der Waals surface area contributed by atoms with Gasteiger partial charge in [-0.3, -0.25) is 0 Å². The Morgan fingerprint density at radius 3 is 2.14 bits per heavy atom. The number of hydrogen-bond acceptors (Lipinski definition) is 1. The fraction of sp³-hybridized carbons (Fsp3) is 1.00. The maximum Gasteiger partial charge on any atom is 0.0766 e. The Morgan fingerprint density at radius 1 is 1.71 bits per heavy atom. The van der Waals surface area contributed by atoms with Crippen molar-refractivity contribution in [3.8, 4) is 0 Å². The molecule has 0 bridgehead atoms. The average molecular weight is 212 g/mol. The molecule has 1 unspecified atom stereocenters. The standard InChI is InChI=1S/C5H9IO/c1-5(2)4(6)3-7-5/h4H,3H2,1-2H3. The van der Waals surface area contributed by atoms with Crippen LogP contribution in [0.25, 0.3) is 0 Å². The molecule has 1 nitrogen and oxygen atoms in total. The molecular weight excluding hydrogens is 203 g/mol. The second kappa shape index (κ2) is 1.58. The summed E-state index contributed by atoms with van der Waals surface area (Å²) in [5, 5.41) is 0. The van der Waals surface area contributed by atoms with Crippen LogP contribution in [0.15, 0.2) is 0 Å². The van der Waals surface area contributed by atoms with E-state index in [0.717, 1.165) is 10.5 Å². The van der Waals surface area contributed by atoms with Gasteiger partial charge in [-0.1, -0.05) is 22.6 Å². The van der Waals surface area contributed by atoms with Gasteiger partial charge in [-0.25, -0.2) is 0 Å². The topological polar surface area (TPSA) is 9.23 Å². The summed E-state index contributed by atoms with van der Waals surface area (Å²) < 4.78 is 5.95. The molecule has 1 fully saturated rings. The molecule has 42 valence electrons. The zero-order valence-corrected chi connectivity index (χ0v) is 6.73. The number of halogens is 1. The predicted octanol–water partition coefficient (Wildman–Crippen LogP) is 1.60. The average Bonchev–Trinajstić information content (AvgIpc) is 1.63. The molecule has 0 aromatic carbocycles. The lowest BCUT2D eigenvalue weighted by Gasteiger charge is -2.40. The van der Waals surface area contributed by atoms with Crippen molar-refractivity contribution < 1.29 is 4.74 Å². The second-order valence-corrected chi connectivity index (χ2v) is 3.89. The maximum absolute atomic E-state index is 5.22. The van der Waals surface area contributed by atoms with E-state index in [9.17, 15) is 0 Å². The SMILES string of the molecule is CC1(C)OCC1I. The molecule has 1 saturated heterocycles. The Labute approximate surface area is 57.6 Å². The first-order valence-corrected chi connectivity index (χ1v) is 3.65. The number of alkyl halides is 1. The van der Waals surface area contributed by atoms with Gasteiger partial charge in [0, 0.05) is 0 Å². The summed E-state index contributed by atoms with van der Waals surface area (Å²) in [5.41, 5.74) is 0.167. The molecule has 0 radical (unpaired) electrons. The Kier molecular flexibility index (Phi) is 1.32. The van der Waals surface area contributed by atoms with Crippen LogP contribution in [-0.4, -0.2) is 16.1 Å². The van der Waals surface area contributed by atoms with Crippen molar-refractivity contribution in [2.45, 2.75) is 23.4 Å². The van der Waals surface area contributed by atoms with Gasteiger partial charge in [-0.05, 0) is 13.8 Å². The van der Waals surface area contributed by atoms with Crippen molar-refractivity contribution in [2.24, 2.45) is 0 Å². The minimum absolute atomic E-state index is 0.167. The third kappa shape index (κ3) is 0.914. The monoisotopic (exact) mass is 212 g/mol. The first-order valence-electron chi connectivity index (χ1n) is 2.41. The molecular formula is C5H9IO. The van der Waals surface area contributed by atoms with Crippen LogP contribution in [0, 0.1) is 0 Å². The van der Waals surface area contributed by atoms with E-state index in [1.807, 2.05) is 0 Å². The predicted molar refractivity (Wildman–Crippen MR) is 37.8 cm³/mol. The van der Waals surface area contributed by atoms with E-state index in [1.54, 1.807) is 0 Å². The molecule has 1 aliphatic heterocycles. The smallest absolute Gasteiger partial charge is 0.0766 e. The maximum atomic E-state index is 5.22. The van der Waals surface area contributed by atoms with Gasteiger partial charge in [0.05, 0.1) is 16.1 Å². The Hall–Kier alpha value is 0.690. The molecule has 1 rings (SSSR count). The van der Waals surface area contributed by atoms with Gasteiger partial charge in [0.1, 0.15) is 0 Å². The first kappa shape index (κ1) is 5.82. The molecule has 1 heterocycles. The van der Waals surface area contributed by atoms with Crippen LogP contribution in [0.1, 0.15) is 13.8 Å². The van der Waals surface area contributed by atoms with Crippen LogP contribution in [0.4, 0.5) is 0 Å². The fourth-order valence-corrected chi connectivity index (χ4v) is 0.839. The Balaban J connectivity index is 2.43. The summed E-state index contributed by atoms with van der Waals surface area (Å²) >= 11 is 2.41. The minimum Gasteiger partial charge on any atom is -0.373 e. The van der Waals surface area contributed by atoms with Crippen LogP contribution in [0.3, 0.4) is 0 Å². The number of rotatable bonds is 0. The van der Waals surface area contributed by atoms with Crippen molar-refractivity contribution >= 4 is 22.6 Å². The van der Waals surface area contributed by atoms with E-state index < -0.39 is 0 Å². The summed E-state index contributed by atoms with van der Waals surface area (Å²) in [5.74, 6) is 0. The van der Waals surface area contributed by atoms with Gasteiger partial charge < -0.3 is 4.74 Å². The molecule has 0 amide bonds. The lowest BCUT2D eigenvalue weighted by atomic mass is 10.0. The molecule has 0 aliphatic carbocycles. The third-order valence-corrected chi connectivity index (χ3v) is 3.22. The van der Waals surface area contributed by atoms with Crippen LogP contribution < -0.4 is 0 Å². The second-order valence-electron chi connectivity index (χ2n) is 2.38. The third-order valence-electron chi connectivity index (χ3n) is 1.36. The van der Waals surface area contributed by atoms with Crippen molar-refractivity contribution in [1.82, 2.24) is 0 Å². The molecule has 0 aromatic heterocycles. The largest absolute Gasteiger partial charge is 0.373 e. The fourth-order valence-electron chi connectivity index (χ4n) is 0.480. The van der Waals surface area contributed by atoms with E-state index in [1.165, 1.54) is 0 Å². The van der Waals surface area contributed by atoms with Crippen LogP contribution >= 0.6 is 22.6 Å². The zero-order chi connectivity index (χ0) is 5.49. The number of ether oxygens (including phenoxy) is 1.